The highest BCUT2D eigenvalue weighted by Gasteiger charge is 2.30. The average molecular weight is 296 g/mol. The fourth-order valence-corrected chi connectivity index (χ4v) is 2.81. The van der Waals surface area contributed by atoms with E-state index in [1.54, 1.807) is 0 Å². The number of carbonyl (C=O) groups excluding carboxylic acids is 1. The van der Waals surface area contributed by atoms with Crippen molar-refractivity contribution in [2.45, 2.75) is 32.1 Å². The standard InChI is InChI=1S/C16H22ClNO2/c1-2-3-10-18(11-9-17)16(19)14-8-12-20-15-7-5-4-6-13(14)15/h4-7,14H,2-3,8-12H2,1H3. The van der Waals surface area contributed by atoms with Gasteiger partial charge in [-0.2, -0.15) is 0 Å². The number of halogens is 1. The van der Waals surface area contributed by atoms with Gasteiger partial charge in [-0.1, -0.05) is 31.5 Å². The van der Waals surface area contributed by atoms with Crippen LogP contribution in [0.1, 0.15) is 37.7 Å². The van der Waals surface area contributed by atoms with E-state index in [1.807, 2.05) is 29.2 Å². The Hall–Kier alpha value is -1.22. The number of para-hydroxylation sites is 1. The monoisotopic (exact) mass is 295 g/mol. The molecule has 0 aliphatic carbocycles. The summed E-state index contributed by atoms with van der Waals surface area (Å²) in [4.78, 5) is 14.7. The first-order chi connectivity index (χ1) is 9.77. The van der Waals surface area contributed by atoms with Crippen LogP contribution < -0.4 is 4.74 Å². The Morgan fingerprint density at radius 3 is 2.95 bits per heavy atom. The van der Waals surface area contributed by atoms with Crippen molar-refractivity contribution in [3.05, 3.63) is 29.8 Å². The number of nitrogens with zero attached hydrogens (tertiary/aromatic N) is 1. The maximum absolute atomic E-state index is 12.8. The number of hydrogen-bond donors (Lipinski definition) is 0. The molecule has 1 amide bonds. The van der Waals surface area contributed by atoms with E-state index >= 15 is 0 Å². The van der Waals surface area contributed by atoms with Gasteiger partial charge in [-0.25, -0.2) is 0 Å². The van der Waals surface area contributed by atoms with Crippen LogP contribution in [0.3, 0.4) is 0 Å². The van der Waals surface area contributed by atoms with Crippen molar-refractivity contribution < 1.29 is 9.53 Å². The zero-order valence-corrected chi connectivity index (χ0v) is 12.7. The minimum absolute atomic E-state index is 0.0833. The predicted octanol–water partition coefficient (Wildman–Crippen LogP) is 3.42. The SMILES string of the molecule is CCCCN(CCCl)C(=O)C1CCOc2ccccc21. The molecule has 1 heterocycles. The zero-order valence-electron chi connectivity index (χ0n) is 12.0. The number of unbranched alkanes of at least 4 members (excludes halogenated alkanes) is 1. The maximum Gasteiger partial charge on any atom is 0.230 e. The minimum atomic E-state index is -0.0833. The highest BCUT2D eigenvalue weighted by molar-refractivity contribution is 6.18. The molecule has 2 rings (SSSR count). The summed E-state index contributed by atoms with van der Waals surface area (Å²) < 4.78 is 5.63. The molecule has 1 aliphatic rings. The molecule has 110 valence electrons. The smallest absolute Gasteiger partial charge is 0.230 e. The Morgan fingerprint density at radius 1 is 1.40 bits per heavy atom. The van der Waals surface area contributed by atoms with E-state index in [9.17, 15) is 4.79 Å². The molecule has 1 unspecified atom stereocenters. The normalized spacial score (nSPS) is 17.2. The van der Waals surface area contributed by atoms with Crippen LogP contribution in [0.15, 0.2) is 24.3 Å². The molecule has 0 radical (unpaired) electrons. The summed E-state index contributed by atoms with van der Waals surface area (Å²) in [5.74, 6) is 1.44. The van der Waals surface area contributed by atoms with Crippen molar-refractivity contribution in [3.8, 4) is 5.75 Å². The van der Waals surface area contributed by atoms with Crippen LogP contribution in [-0.4, -0.2) is 36.4 Å². The number of ether oxygens (including phenoxy) is 1. The molecule has 1 aromatic carbocycles. The van der Waals surface area contributed by atoms with Gasteiger partial charge in [0, 0.05) is 24.5 Å². The highest BCUT2D eigenvalue weighted by atomic mass is 35.5. The molecular weight excluding hydrogens is 274 g/mol. The zero-order chi connectivity index (χ0) is 14.4. The minimum Gasteiger partial charge on any atom is -0.493 e. The Morgan fingerprint density at radius 2 is 2.20 bits per heavy atom. The van der Waals surface area contributed by atoms with E-state index in [0.29, 0.717) is 19.0 Å². The molecule has 3 nitrogen and oxygen atoms in total. The highest BCUT2D eigenvalue weighted by Crippen LogP contribution is 2.34. The quantitative estimate of drug-likeness (QED) is 0.753. The van der Waals surface area contributed by atoms with Crippen molar-refractivity contribution in [1.82, 2.24) is 4.90 Å². The first-order valence-corrected chi connectivity index (χ1v) is 7.87. The van der Waals surface area contributed by atoms with Gasteiger partial charge in [0.1, 0.15) is 5.75 Å². The average Bonchev–Trinajstić information content (AvgIpc) is 2.50. The molecule has 0 aromatic heterocycles. The summed E-state index contributed by atoms with van der Waals surface area (Å²) in [5, 5.41) is 0. The van der Waals surface area contributed by atoms with Crippen LogP contribution in [0.5, 0.6) is 5.75 Å². The fraction of sp³-hybridized carbons (Fsp3) is 0.562. The van der Waals surface area contributed by atoms with Crippen LogP contribution >= 0.6 is 11.6 Å². The summed E-state index contributed by atoms with van der Waals surface area (Å²) in [6, 6.07) is 7.84. The number of hydrogen-bond acceptors (Lipinski definition) is 2. The van der Waals surface area contributed by atoms with E-state index in [0.717, 1.165) is 37.1 Å². The largest absolute Gasteiger partial charge is 0.493 e. The van der Waals surface area contributed by atoms with Gasteiger partial charge >= 0.3 is 0 Å². The van der Waals surface area contributed by atoms with E-state index in [2.05, 4.69) is 6.92 Å². The van der Waals surface area contributed by atoms with Crippen LogP contribution in [0.2, 0.25) is 0 Å². The molecule has 4 heteroatoms. The van der Waals surface area contributed by atoms with Crippen LogP contribution in [0.4, 0.5) is 0 Å². The lowest BCUT2D eigenvalue weighted by Crippen LogP contribution is -2.38. The summed E-state index contributed by atoms with van der Waals surface area (Å²) >= 11 is 5.84. The van der Waals surface area contributed by atoms with Gasteiger partial charge in [0.25, 0.3) is 0 Å². The molecule has 1 aliphatic heterocycles. The molecule has 0 bridgehead atoms. The van der Waals surface area contributed by atoms with Crippen LogP contribution in [-0.2, 0) is 4.79 Å². The summed E-state index contributed by atoms with van der Waals surface area (Å²) in [6.07, 6.45) is 2.85. The second-order valence-corrected chi connectivity index (χ2v) is 5.47. The van der Waals surface area contributed by atoms with Crippen LogP contribution in [0.25, 0.3) is 0 Å². The first kappa shape index (κ1) is 15.2. The molecule has 0 saturated carbocycles. The van der Waals surface area contributed by atoms with Crippen molar-refractivity contribution in [3.63, 3.8) is 0 Å². The first-order valence-electron chi connectivity index (χ1n) is 7.34. The van der Waals surface area contributed by atoms with Gasteiger partial charge in [-0.05, 0) is 18.9 Å². The molecule has 0 spiro atoms. The van der Waals surface area contributed by atoms with E-state index in [-0.39, 0.29) is 11.8 Å². The van der Waals surface area contributed by atoms with E-state index < -0.39 is 0 Å². The molecule has 0 N–H and O–H groups in total. The lowest BCUT2D eigenvalue weighted by molar-refractivity contribution is -0.133. The molecule has 1 aromatic rings. The Balaban J connectivity index is 2.15. The molecule has 0 fully saturated rings. The van der Waals surface area contributed by atoms with Gasteiger partial charge < -0.3 is 9.64 Å². The Kier molecular flexibility index (Phi) is 5.72. The third-order valence-electron chi connectivity index (χ3n) is 3.70. The second kappa shape index (κ2) is 7.53. The van der Waals surface area contributed by atoms with E-state index in [1.165, 1.54) is 0 Å². The third kappa shape index (κ3) is 3.45. The fourth-order valence-electron chi connectivity index (χ4n) is 2.60. The van der Waals surface area contributed by atoms with Gasteiger partial charge in [0.15, 0.2) is 0 Å². The summed E-state index contributed by atoms with van der Waals surface area (Å²) in [6.45, 7) is 4.16. The van der Waals surface area contributed by atoms with Gasteiger partial charge in [0.2, 0.25) is 5.91 Å². The summed E-state index contributed by atoms with van der Waals surface area (Å²) in [5.41, 5.74) is 1.01. The Bertz CT molecular complexity index is 450. The third-order valence-corrected chi connectivity index (χ3v) is 3.87. The number of rotatable bonds is 6. The second-order valence-electron chi connectivity index (χ2n) is 5.10. The topological polar surface area (TPSA) is 29.5 Å². The maximum atomic E-state index is 12.8. The van der Waals surface area contributed by atoms with Crippen molar-refractivity contribution >= 4 is 17.5 Å². The lowest BCUT2D eigenvalue weighted by atomic mass is 9.91. The Labute approximate surface area is 125 Å². The van der Waals surface area contributed by atoms with Gasteiger partial charge in [0.05, 0.1) is 12.5 Å². The number of amides is 1. The van der Waals surface area contributed by atoms with Crippen molar-refractivity contribution in [2.75, 3.05) is 25.6 Å². The van der Waals surface area contributed by atoms with Gasteiger partial charge in [-0.15, -0.1) is 11.6 Å². The molecular formula is C16H22ClNO2. The predicted molar refractivity (Wildman–Crippen MR) is 81.5 cm³/mol. The molecule has 20 heavy (non-hydrogen) atoms. The number of carbonyl (C=O) groups is 1. The number of alkyl halides is 1. The number of fused-ring (bicyclic) bond motifs is 1. The summed E-state index contributed by atoms with van der Waals surface area (Å²) in [7, 11) is 0. The van der Waals surface area contributed by atoms with Crippen molar-refractivity contribution in [1.29, 1.82) is 0 Å². The lowest BCUT2D eigenvalue weighted by Gasteiger charge is -2.30. The molecule has 1 atom stereocenters. The van der Waals surface area contributed by atoms with Crippen molar-refractivity contribution in [2.24, 2.45) is 0 Å². The number of benzene rings is 1. The van der Waals surface area contributed by atoms with Crippen LogP contribution in [0, 0.1) is 0 Å². The van der Waals surface area contributed by atoms with Gasteiger partial charge in [-0.3, -0.25) is 4.79 Å². The molecule has 0 saturated heterocycles. The van der Waals surface area contributed by atoms with E-state index in [4.69, 9.17) is 16.3 Å².